The van der Waals surface area contributed by atoms with Crippen molar-refractivity contribution in [2.24, 2.45) is 0 Å². The molecular weight excluding hydrogens is 468 g/mol. The summed E-state index contributed by atoms with van der Waals surface area (Å²) in [5.74, 6) is 0.467. The van der Waals surface area contributed by atoms with E-state index < -0.39 is 0 Å². The number of nitrogens with one attached hydrogen (secondary N) is 1. The maximum atomic E-state index is 12.6. The average molecular weight is 487 g/mol. The molecule has 168 valence electrons. The normalized spacial score (nSPS) is 10.8. The fourth-order valence-corrected chi connectivity index (χ4v) is 4.78. The van der Waals surface area contributed by atoms with Crippen molar-refractivity contribution in [2.75, 3.05) is 11.1 Å². The summed E-state index contributed by atoms with van der Waals surface area (Å²) >= 11 is 2.56. The third-order valence-electron chi connectivity index (χ3n) is 4.82. The molecule has 0 saturated heterocycles. The molecule has 0 bridgehead atoms. The van der Waals surface area contributed by atoms with E-state index in [2.05, 4.69) is 25.7 Å². The number of amides is 1. The second-order valence-electron chi connectivity index (χ2n) is 7.11. The number of para-hydroxylation sites is 2. The van der Waals surface area contributed by atoms with E-state index in [9.17, 15) is 9.90 Å². The fraction of sp³-hybridized carbons (Fsp3) is 0.0417. The van der Waals surface area contributed by atoms with E-state index >= 15 is 0 Å². The fourth-order valence-electron chi connectivity index (χ4n) is 3.27. The number of aromatic nitrogens is 5. The van der Waals surface area contributed by atoms with Gasteiger partial charge in [-0.2, -0.15) is 0 Å². The maximum absolute atomic E-state index is 12.6. The molecule has 0 unspecified atom stereocenters. The van der Waals surface area contributed by atoms with Gasteiger partial charge < -0.3 is 5.11 Å². The Bertz CT molecular complexity index is 1420. The Morgan fingerprint density at radius 3 is 2.35 bits per heavy atom. The van der Waals surface area contributed by atoms with Crippen molar-refractivity contribution in [2.45, 2.75) is 5.16 Å². The van der Waals surface area contributed by atoms with Gasteiger partial charge in [0.05, 0.1) is 11.3 Å². The molecule has 5 rings (SSSR count). The van der Waals surface area contributed by atoms with E-state index in [0.717, 1.165) is 16.3 Å². The third-order valence-corrected chi connectivity index (χ3v) is 6.63. The number of aromatic hydroxyl groups is 1. The molecule has 0 saturated carbocycles. The lowest BCUT2D eigenvalue weighted by atomic mass is 10.2. The second kappa shape index (κ2) is 9.86. The molecule has 34 heavy (non-hydrogen) atoms. The van der Waals surface area contributed by atoms with E-state index in [1.807, 2.05) is 71.3 Å². The summed E-state index contributed by atoms with van der Waals surface area (Å²) < 4.78 is 1.82. The Balaban J connectivity index is 1.34. The van der Waals surface area contributed by atoms with Gasteiger partial charge in [-0.25, -0.2) is 0 Å². The molecule has 2 N–H and O–H groups in total. The standard InChI is InChI=1S/C24H18N6O2S2/c31-19-14-8-7-13-18(19)21-26-29-24(30(21)17-11-5-2-6-12-17)33-15-20(32)25-23-28-27-22(34-23)16-9-3-1-4-10-16/h1-14,31H,15H2,(H,25,28,32). The molecule has 2 aromatic heterocycles. The zero-order chi connectivity index (χ0) is 23.3. The number of phenolic OH excluding ortho intramolecular Hbond substituents is 1. The highest BCUT2D eigenvalue weighted by Gasteiger charge is 2.19. The van der Waals surface area contributed by atoms with Crippen molar-refractivity contribution >= 4 is 34.1 Å². The van der Waals surface area contributed by atoms with Gasteiger partial charge in [0, 0.05) is 11.3 Å². The predicted octanol–water partition coefficient (Wildman–Crippen LogP) is 4.89. The first-order chi connectivity index (χ1) is 16.7. The van der Waals surface area contributed by atoms with Crippen LogP contribution in [-0.4, -0.2) is 41.7 Å². The predicted molar refractivity (Wildman–Crippen MR) is 133 cm³/mol. The summed E-state index contributed by atoms with van der Waals surface area (Å²) in [5.41, 5.74) is 2.32. The third kappa shape index (κ3) is 4.68. The minimum atomic E-state index is -0.229. The summed E-state index contributed by atoms with van der Waals surface area (Å²) in [6.07, 6.45) is 0. The molecule has 0 fully saturated rings. The molecule has 3 aromatic carbocycles. The molecule has 0 atom stereocenters. The van der Waals surface area contributed by atoms with E-state index in [-0.39, 0.29) is 17.4 Å². The van der Waals surface area contributed by atoms with E-state index in [1.54, 1.807) is 18.2 Å². The smallest absolute Gasteiger partial charge is 0.236 e. The minimum absolute atomic E-state index is 0.103. The quantitative estimate of drug-likeness (QED) is 0.316. The molecule has 0 aliphatic carbocycles. The van der Waals surface area contributed by atoms with Gasteiger partial charge in [-0.3, -0.25) is 14.7 Å². The number of hydrogen-bond donors (Lipinski definition) is 2. The van der Waals surface area contributed by atoms with Crippen LogP contribution in [0.25, 0.3) is 27.6 Å². The number of nitrogens with zero attached hydrogens (tertiary/aromatic N) is 5. The number of thioether (sulfide) groups is 1. The number of rotatable bonds is 7. The van der Waals surface area contributed by atoms with Crippen molar-refractivity contribution in [3.05, 3.63) is 84.9 Å². The van der Waals surface area contributed by atoms with Gasteiger partial charge in [0.15, 0.2) is 11.0 Å². The molecule has 2 heterocycles. The van der Waals surface area contributed by atoms with Crippen LogP contribution in [0, 0.1) is 0 Å². The summed E-state index contributed by atoms with van der Waals surface area (Å²) in [4.78, 5) is 12.6. The topological polar surface area (TPSA) is 106 Å². The van der Waals surface area contributed by atoms with Gasteiger partial charge in [0.25, 0.3) is 0 Å². The van der Waals surface area contributed by atoms with Crippen molar-refractivity contribution < 1.29 is 9.90 Å². The van der Waals surface area contributed by atoms with Crippen molar-refractivity contribution in [1.29, 1.82) is 0 Å². The molecule has 0 aliphatic rings. The lowest BCUT2D eigenvalue weighted by molar-refractivity contribution is -0.113. The number of carbonyl (C=O) groups excluding carboxylic acids is 1. The molecule has 0 spiro atoms. The van der Waals surface area contributed by atoms with Crippen molar-refractivity contribution in [1.82, 2.24) is 25.0 Å². The lowest BCUT2D eigenvalue weighted by Gasteiger charge is -2.11. The highest BCUT2D eigenvalue weighted by Crippen LogP contribution is 2.33. The zero-order valence-electron chi connectivity index (χ0n) is 17.7. The Kier molecular flexibility index (Phi) is 6.32. The lowest BCUT2D eigenvalue weighted by Crippen LogP contribution is -2.14. The van der Waals surface area contributed by atoms with Crippen molar-refractivity contribution in [3.63, 3.8) is 0 Å². The van der Waals surface area contributed by atoms with Gasteiger partial charge >= 0.3 is 0 Å². The summed E-state index contributed by atoms with van der Waals surface area (Å²) in [5, 5.41) is 31.7. The SMILES string of the molecule is O=C(CSc1nnc(-c2ccccc2O)n1-c1ccccc1)Nc1nnc(-c2ccccc2)s1. The van der Waals surface area contributed by atoms with E-state index in [0.29, 0.717) is 21.7 Å². The second-order valence-corrected chi connectivity index (χ2v) is 9.03. The number of carbonyl (C=O) groups is 1. The van der Waals surface area contributed by atoms with Crippen LogP contribution in [0.5, 0.6) is 5.75 Å². The van der Waals surface area contributed by atoms with E-state index in [1.165, 1.54) is 23.1 Å². The first kappa shape index (κ1) is 21.8. The first-order valence-electron chi connectivity index (χ1n) is 10.3. The van der Waals surface area contributed by atoms with Gasteiger partial charge in [-0.1, -0.05) is 83.8 Å². The molecule has 10 heteroatoms. The van der Waals surface area contributed by atoms with Gasteiger partial charge in [0.2, 0.25) is 11.0 Å². The highest BCUT2D eigenvalue weighted by atomic mass is 32.2. The number of phenols is 1. The minimum Gasteiger partial charge on any atom is -0.507 e. The Hall–Kier alpha value is -4.02. The maximum Gasteiger partial charge on any atom is 0.236 e. The van der Waals surface area contributed by atoms with Crippen LogP contribution in [0.4, 0.5) is 5.13 Å². The molecule has 0 radical (unpaired) electrons. The summed E-state index contributed by atoms with van der Waals surface area (Å²) in [7, 11) is 0. The largest absolute Gasteiger partial charge is 0.507 e. The monoisotopic (exact) mass is 486 g/mol. The molecule has 8 nitrogen and oxygen atoms in total. The van der Waals surface area contributed by atoms with Crippen LogP contribution in [0.2, 0.25) is 0 Å². The highest BCUT2D eigenvalue weighted by molar-refractivity contribution is 7.99. The summed E-state index contributed by atoms with van der Waals surface area (Å²) in [6.45, 7) is 0. The van der Waals surface area contributed by atoms with Crippen LogP contribution < -0.4 is 5.32 Å². The van der Waals surface area contributed by atoms with Crippen molar-refractivity contribution in [3.8, 4) is 33.4 Å². The molecule has 1 amide bonds. The van der Waals surface area contributed by atoms with Crippen LogP contribution in [-0.2, 0) is 4.79 Å². The van der Waals surface area contributed by atoms with Crippen LogP contribution in [0.3, 0.4) is 0 Å². The van der Waals surface area contributed by atoms with Gasteiger partial charge in [0.1, 0.15) is 10.8 Å². The summed E-state index contributed by atoms with van der Waals surface area (Å²) in [6, 6.07) is 26.2. The van der Waals surface area contributed by atoms with Crippen LogP contribution in [0.15, 0.2) is 90.1 Å². The van der Waals surface area contributed by atoms with Crippen LogP contribution >= 0.6 is 23.1 Å². The zero-order valence-corrected chi connectivity index (χ0v) is 19.3. The van der Waals surface area contributed by atoms with Gasteiger partial charge in [-0.15, -0.1) is 20.4 Å². The van der Waals surface area contributed by atoms with Gasteiger partial charge in [-0.05, 0) is 24.3 Å². The number of benzene rings is 3. The number of anilines is 1. The Morgan fingerprint density at radius 1 is 0.882 bits per heavy atom. The Morgan fingerprint density at radius 2 is 1.59 bits per heavy atom. The van der Waals surface area contributed by atoms with Crippen LogP contribution in [0.1, 0.15) is 0 Å². The first-order valence-corrected chi connectivity index (χ1v) is 12.1. The Labute approximate surface area is 203 Å². The molecular formula is C24H18N6O2S2. The average Bonchev–Trinajstić information content (AvgIpc) is 3.51. The van der Waals surface area contributed by atoms with E-state index in [4.69, 9.17) is 0 Å². The number of hydrogen-bond acceptors (Lipinski definition) is 8. The molecule has 0 aliphatic heterocycles. The molecule has 5 aromatic rings.